The van der Waals surface area contributed by atoms with Gasteiger partial charge >= 0.3 is 0 Å². The van der Waals surface area contributed by atoms with Crippen molar-refractivity contribution in [2.24, 2.45) is 5.92 Å². The summed E-state index contributed by atoms with van der Waals surface area (Å²) in [4.78, 5) is 12.3. The van der Waals surface area contributed by atoms with E-state index < -0.39 is 0 Å². The predicted molar refractivity (Wildman–Crippen MR) is 74.0 cm³/mol. The van der Waals surface area contributed by atoms with Crippen molar-refractivity contribution in [1.29, 1.82) is 0 Å². The van der Waals surface area contributed by atoms with Crippen LogP contribution in [-0.2, 0) is 4.79 Å². The monoisotopic (exact) mass is 234 g/mol. The zero-order valence-corrected chi connectivity index (χ0v) is 11.8. The lowest BCUT2D eigenvalue weighted by Gasteiger charge is -2.12. The standard InChI is InChI=1S/C16H26O/c1-5-7-9-13-11-15(12(3)4)16(17)14(13)10-8-6-2/h11,14H,5-10H2,1-4H3/t14-/m1/s1. The molecule has 0 fully saturated rings. The second-order valence-corrected chi connectivity index (χ2v) is 5.30. The Morgan fingerprint density at radius 2 is 1.82 bits per heavy atom. The molecule has 17 heavy (non-hydrogen) atoms. The van der Waals surface area contributed by atoms with Crippen LogP contribution in [0.3, 0.4) is 0 Å². The lowest BCUT2D eigenvalue weighted by molar-refractivity contribution is -0.117. The lowest BCUT2D eigenvalue weighted by atomic mass is 9.90. The van der Waals surface area contributed by atoms with Crippen molar-refractivity contribution in [3.63, 3.8) is 0 Å². The van der Waals surface area contributed by atoms with Gasteiger partial charge in [-0.3, -0.25) is 4.79 Å². The molecule has 1 heteroatoms. The average Bonchev–Trinajstić information content (AvgIpc) is 2.61. The molecule has 1 nitrogen and oxygen atoms in total. The average molecular weight is 234 g/mol. The topological polar surface area (TPSA) is 17.1 Å². The molecule has 96 valence electrons. The Kier molecular flexibility index (Phi) is 5.67. The molecule has 0 saturated carbocycles. The van der Waals surface area contributed by atoms with Crippen LogP contribution in [0.15, 0.2) is 22.8 Å². The largest absolute Gasteiger partial charge is 0.294 e. The molecule has 0 heterocycles. The maximum Gasteiger partial charge on any atom is 0.169 e. The second kappa shape index (κ2) is 6.78. The quantitative estimate of drug-likeness (QED) is 0.602. The van der Waals surface area contributed by atoms with E-state index >= 15 is 0 Å². The lowest BCUT2D eigenvalue weighted by Crippen LogP contribution is -2.12. The van der Waals surface area contributed by atoms with Crippen LogP contribution >= 0.6 is 0 Å². The zero-order valence-electron chi connectivity index (χ0n) is 11.8. The molecule has 1 rings (SSSR count). The van der Waals surface area contributed by atoms with Crippen LogP contribution < -0.4 is 0 Å². The fourth-order valence-electron chi connectivity index (χ4n) is 2.46. The van der Waals surface area contributed by atoms with Crippen molar-refractivity contribution >= 4 is 5.78 Å². The first kappa shape index (κ1) is 14.2. The van der Waals surface area contributed by atoms with Gasteiger partial charge in [-0.15, -0.1) is 0 Å². The molecule has 0 bridgehead atoms. The van der Waals surface area contributed by atoms with Crippen molar-refractivity contribution in [2.45, 2.75) is 66.2 Å². The van der Waals surface area contributed by atoms with Gasteiger partial charge < -0.3 is 0 Å². The molecule has 0 unspecified atom stereocenters. The normalized spacial score (nSPS) is 19.8. The fraction of sp³-hybridized carbons (Fsp3) is 0.688. The first-order chi connectivity index (χ1) is 8.11. The Bertz CT molecular complexity index is 329. The van der Waals surface area contributed by atoms with Crippen LogP contribution in [0.25, 0.3) is 0 Å². The van der Waals surface area contributed by atoms with Gasteiger partial charge in [0.05, 0.1) is 0 Å². The molecule has 1 aliphatic rings. The van der Waals surface area contributed by atoms with E-state index in [1.165, 1.54) is 30.4 Å². The van der Waals surface area contributed by atoms with Gasteiger partial charge in [-0.05, 0) is 33.1 Å². The number of unbranched alkanes of at least 4 members (excludes halogenated alkanes) is 2. The van der Waals surface area contributed by atoms with Crippen LogP contribution in [-0.4, -0.2) is 5.78 Å². The summed E-state index contributed by atoms with van der Waals surface area (Å²) in [5, 5.41) is 0. The van der Waals surface area contributed by atoms with Crippen LogP contribution in [0.4, 0.5) is 0 Å². The summed E-state index contributed by atoms with van der Waals surface area (Å²) in [6.45, 7) is 8.49. The molecular formula is C16H26O. The van der Waals surface area contributed by atoms with Gasteiger partial charge in [0.25, 0.3) is 0 Å². The molecule has 0 saturated heterocycles. The minimum Gasteiger partial charge on any atom is -0.294 e. The summed E-state index contributed by atoms with van der Waals surface area (Å²) in [5.41, 5.74) is 3.54. The number of ketones is 1. The van der Waals surface area contributed by atoms with Crippen LogP contribution in [0.1, 0.15) is 66.2 Å². The molecule has 0 aliphatic heterocycles. The highest BCUT2D eigenvalue weighted by atomic mass is 16.1. The minimum absolute atomic E-state index is 0.200. The smallest absolute Gasteiger partial charge is 0.169 e. The summed E-state index contributed by atoms with van der Waals surface area (Å²) in [6, 6.07) is 0. The van der Waals surface area contributed by atoms with E-state index in [0.717, 1.165) is 24.8 Å². The number of hydrogen-bond acceptors (Lipinski definition) is 1. The molecule has 0 amide bonds. The van der Waals surface area contributed by atoms with E-state index in [2.05, 4.69) is 19.9 Å². The first-order valence-corrected chi connectivity index (χ1v) is 7.03. The minimum atomic E-state index is 0.200. The molecule has 0 spiro atoms. The van der Waals surface area contributed by atoms with Crippen LogP contribution in [0.5, 0.6) is 0 Å². The highest BCUT2D eigenvalue weighted by molar-refractivity contribution is 6.05. The van der Waals surface area contributed by atoms with Crippen molar-refractivity contribution in [3.05, 3.63) is 22.8 Å². The first-order valence-electron chi connectivity index (χ1n) is 7.03. The molecule has 0 aromatic carbocycles. The molecular weight excluding hydrogens is 208 g/mol. The molecule has 0 radical (unpaired) electrons. The maximum atomic E-state index is 12.3. The van der Waals surface area contributed by atoms with Gasteiger partial charge in [0.2, 0.25) is 0 Å². The van der Waals surface area contributed by atoms with E-state index in [-0.39, 0.29) is 5.92 Å². The Morgan fingerprint density at radius 1 is 1.18 bits per heavy atom. The Morgan fingerprint density at radius 3 is 2.35 bits per heavy atom. The fourth-order valence-corrected chi connectivity index (χ4v) is 2.46. The summed E-state index contributed by atoms with van der Waals surface area (Å²) in [6.07, 6.45) is 9.07. The van der Waals surface area contributed by atoms with E-state index in [0.29, 0.717) is 5.78 Å². The SMILES string of the molecule is CCCCC1=CC(=C(C)C)C(=O)[C@@H]1CCCC. The summed E-state index contributed by atoms with van der Waals surface area (Å²) < 4.78 is 0. The number of carbonyl (C=O) groups is 1. The summed E-state index contributed by atoms with van der Waals surface area (Å²) in [5.74, 6) is 0.580. The van der Waals surface area contributed by atoms with Gasteiger partial charge in [-0.25, -0.2) is 0 Å². The van der Waals surface area contributed by atoms with E-state index in [1.54, 1.807) is 0 Å². The highest BCUT2D eigenvalue weighted by Crippen LogP contribution is 2.34. The molecule has 1 aliphatic carbocycles. The third-order valence-corrected chi connectivity index (χ3v) is 3.56. The molecule has 1 atom stereocenters. The van der Waals surface area contributed by atoms with Crippen molar-refractivity contribution in [3.8, 4) is 0 Å². The van der Waals surface area contributed by atoms with Gasteiger partial charge in [0.1, 0.15) is 0 Å². The number of rotatable bonds is 6. The third-order valence-electron chi connectivity index (χ3n) is 3.56. The molecule has 0 aromatic heterocycles. The van der Waals surface area contributed by atoms with E-state index in [9.17, 15) is 4.79 Å². The van der Waals surface area contributed by atoms with Crippen molar-refractivity contribution in [2.75, 3.05) is 0 Å². The third kappa shape index (κ3) is 3.55. The van der Waals surface area contributed by atoms with Gasteiger partial charge in [-0.1, -0.05) is 50.3 Å². The number of carbonyl (C=O) groups excluding carboxylic acids is 1. The summed E-state index contributed by atoms with van der Waals surface area (Å²) in [7, 11) is 0. The van der Waals surface area contributed by atoms with Crippen molar-refractivity contribution < 1.29 is 4.79 Å². The maximum absolute atomic E-state index is 12.3. The highest BCUT2D eigenvalue weighted by Gasteiger charge is 2.30. The summed E-state index contributed by atoms with van der Waals surface area (Å²) >= 11 is 0. The Hall–Kier alpha value is -0.850. The van der Waals surface area contributed by atoms with Crippen LogP contribution in [0.2, 0.25) is 0 Å². The van der Waals surface area contributed by atoms with Gasteiger partial charge in [-0.2, -0.15) is 0 Å². The molecule has 0 N–H and O–H groups in total. The van der Waals surface area contributed by atoms with Gasteiger partial charge in [0.15, 0.2) is 5.78 Å². The zero-order chi connectivity index (χ0) is 12.8. The second-order valence-electron chi connectivity index (χ2n) is 5.30. The van der Waals surface area contributed by atoms with E-state index in [4.69, 9.17) is 0 Å². The molecule has 0 aromatic rings. The van der Waals surface area contributed by atoms with Gasteiger partial charge in [0, 0.05) is 11.5 Å². The van der Waals surface area contributed by atoms with E-state index in [1.807, 2.05) is 13.8 Å². The van der Waals surface area contributed by atoms with Crippen molar-refractivity contribution in [1.82, 2.24) is 0 Å². The number of allylic oxidation sites excluding steroid dienone is 4. The number of Topliss-reactive ketones (excluding diaryl/α,β-unsaturated/α-hetero) is 1. The van der Waals surface area contributed by atoms with Crippen LogP contribution in [0, 0.1) is 5.92 Å². The number of hydrogen-bond donors (Lipinski definition) is 0. The Balaban J connectivity index is 2.83. The predicted octanol–water partition coefficient (Wildman–Crippen LogP) is 4.83. The Labute approximate surface area is 106 Å².